The molecule has 2 aromatic rings. The molecule has 1 fully saturated rings. The van der Waals surface area contributed by atoms with E-state index in [4.69, 9.17) is 0 Å². The van der Waals surface area contributed by atoms with Gasteiger partial charge in [0.25, 0.3) is 10.0 Å². The molecule has 0 N–H and O–H groups in total. The van der Waals surface area contributed by atoms with Gasteiger partial charge in [0.05, 0.1) is 17.0 Å². The topological polar surface area (TPSA) is 60.9 Å². The number of hydrogen-bond donors (Lipinski definition) is 0. The lowest BCUT2D eigenvalue weighted by molar-refractivity contribution is 0.139. The molecule has 0 radical (unpaired) electrons. The summed E-state index contributed by atoms with van der Waals surface area (Å²) < 4.78 is 28.6. The Bertz CT molecular complexity index is 1130. The largest absolute Gasteiger partial charge is 0.323 e. The van der Waals surface area contributed by atoms with Crippen molar-refractivity contribution in [3.8, 4) is 0 Å². The molecular formula is C24H27N3O3S. The second-order valence-corrected chi connectivity index (χ2v) is 10.1. The Morgan fingerprint density at radius 2 is 1.58 bits per heavy atom. The summed E-state index contributed by atoms with van der Waals surface area (Å²) in [4.78, 5) is 16.9. The average Bonchev–Trinajstić information content (AvgIpc) is 2.98. The average molecular weight is 438 g/mol. The molecule has 2 aromatic carbocycles. The number of hydrogen-bond acceptors (Lipinski definition) is 3. The number of urea groups is 1. The number of carbonyl (C=O) groups is 1. The van der Waals surface area contributed by atoms with Crippen LogP contribution in [0.4, 0.5) is 4.79 Å². The van der Waals surface area contributed by atoms with Crippen molar-refractivity contribution in [1.82, 2.24) is 14.1 Å². The number of likely N-dealkylation sites (N-methyl/N-ethyl adjacent to an activating group) is 1. The minimum absolute atomic E-state index is 0.129. The molecule has 6 nitrogen and oxygen atoms in total. The number of allylic oxidation sites excluding steroid dienone is 1. The number of carbonyl (C=O) groups excluding carboxylic acids is 1. The van der Waals surface area contributed by atoms with Crippen LogP contribution in [0, 0.1) is 0 Å². The Kier molecular flexibility index (Phi) is 5.39. The lowest BCUT2D eigenvalue weighted by Crippen LogP contribution is -2.52. The highest BCUT2D eigenvalue weighted by Gasteiger charge is 2.50. The molecule has 0 saturated carbocycles. The third kappa shape index (κ3) is 3.53. The molecule has 162 valence electrons. The molecule has 31 heavy (non-hydrogen) atoms. The van der Waals surface area contributed by atoms with Crippen molar-refractivity contribution in [2.75, 3.05) is 7.05 Å². The van der Waals surface area contributed by atoms with Crippen molar-refractivity contribution in [2.24, 2.45) is 0 Å². The second kappa shape index (κ2) is 7.89. The Morgan fingerprint density at radius 3 is 2.19 bits per heavy atom. The molecular weight excluding hydrogens is 410 g/mol. The van der Waals surface area contributed by atoms with Gasteiger partial charge in [0.1, 0.15) is 6.17 Å². The third-order valence-electron chi connectivity index (χ3n) is 6.07. The SMILES string of the molecule is C=C1CC(C)=CN(S(=O)(=O)c2ccccc2)[C@@H]1N1C(=O)N(C)[C@@H](C)[C@H]1c1ccccc1. The van der Waals surface area contributed by atoms with E-state index >= 15 is 0 Å². The van der Waals surface area contributed by atoms with Gasteiger partial charge in [0.2, 0.25) is 0 Å². The van der Waals surface area contributed by atoms with Crippen molar-refractivity contribution in [3.05, 3.63) is 90.2 Å². The molecule has 2 heterocycles. The van der Waals surface area contributed by atoms with Crippen LogP contribution in [0.5, 0.6) is 0 Å². The number of amides is 2. The molecule has 4 rings (SSSR count). The quantitative estimate of drug-likeness (QED) is 0.668. The van der Waals surface area contributed by atoms with Crippen LogP contribution in [-0.4, -0.2) is 47.8 Å². The number of rotatable bonds is 4. The van der Waals surface area contributed by atoms with E-state index in [9.17, 15) is 13.2 Å². The van der Waals surface area contributed by atoms with Gasteiger partial charge in [-0.1, -0.05) is 60.7 Å². The van der Waals surface area contributed by atoms with Gasteiger partial charge in [0, 0.05) is 13.2 Å². The van der Waals surface area contributed by atoms with E-state index in [1.807, 2.05) is 44.2 Å². The summed E-state index contributed by atoms with van der Waals surface area (Å²) in [6.07, 6.45) is 1.37. The summed E-state index contributed by atoms with van der Waals surface area (Å²) in [5.74, 6) is 0. The first kappa shape index (κ1) is 21.2. The van der Waals surface area contributed by atoms with E-state index in [1.165, 1.54) is 4.31 Å². The summed E-state index contributed by atoms with van der Waals surface area (Å²) in [7, 11) is -2.14. The molecule has 0 unspecified atom stereocenters. The van der Waals surface area contributed by atoms with Crippen LogP contribution in [0.3, 0.4) is 0 Å². The maximum Gasteiger partial charge on any atom is 0.322 e. The summed E-state index contributed by atoms with van der Waals surface area (Å²) in [5.41, 5.74) is 2.52. The zero-order valence-electron chi connectivity index (χ0n) is 18.0. The number of benzene rings is 2. The highest BCUT2D eigenvalue weighted by molar-refractivity contribution is 7.89. The van der Waals surface area contributed by atoms with Crippen molar-refractivity contribution >= 4 is 16.1 Å². The standard InChI is InChI=1S/C24H27N3O3S/c1-17-15-18(2)23(26(16-17)31(29,30)21-13-9-6-10-14-21)27-22(19(3)25(4)24(27)28)20-11-7-5-8-12-20/h5-14,16,19,22-23H,2,15H2,1,3-4H3/t19-,22-,23+/m0/s1. The van der Waals surface area contributed by atoms with Crippen LogP contribution in [-0.2, 0) is 10.0 Å². The molecule has 1 saturated heterocycles. The molecule has 0 aliphatic carbocycles. The first-order valence-electron chi connectivity index (χ1n) is 10.3. The van der Waals surface area contributed by atoms with Gasteiger partial charge in [-0.25, -0.2) is 17.5 Å². The highest BCUT2D eigenvalue weighted by atomic mass is 32.2. The fourth-order valence-corrected chi connectivity index (χ4v) is 6.04. The number of sulfonamides is 1. The maximum absolute atomic E-state index is 13.6. The van der Waals surface area contributed by atoms with Gasteiger partial charge < -0.3 is 4.90 Å². The van der Waals surface area contributed by atoms with Gasteiger partial charge in [0.15, 0.2) is 0 Å². The van der Waals surface area contributed by atoms with Crippen molar-refractivity contribution in [3.63, 3.8) is 0 Å². The highest BCUT2D eigenvalue weighted by Crippen LogP contribution is 2.42. The van der Waals surface area contributed by atoms with E-state index in [-0.39, 0.29) is 23.0 Å². The summed E-state index contributed by atoms with van der Waals surface area (Å²) in [5, 5.41) is 0. The molecule has 0 aromatic heterocycles. The summed E-state index contributed by atoms with van der Waals surface area (Å²) >= 11 is 0. The normalized spacial score (nSPS) is 24.5. The molecule has 0 spiro atoms. The molecule has 3 atom stereocenters. The van der Waals surface area contributed by atoms with Crippen molar-refractivity contribution in [1.29, 1.82) is 0 Å². The summed E-state index contributed by atoms with van der Waals surface area (Å²) in [6.45, 7) is 8.06. The van der Waals surface area contributed by atoms with E-state index in [0.717, 1.165) is 11.1 Å². The molecule has 2 aliphatic rings. The van der Waals surface area contributed by atoms with Crippen molar-refractivity contribution in [2.45, 2.75) is 43.4 Å². The minimum Gasteiger partial charge on any atom is -0.323 e. The van der Waals surface area contributed by atoms with E-state index in [2.05, 4.69) is 6.58 Å². The Morgan fingerprint density at radius 1 is 1.00 bits per heavy atom. The predicted octanol–water partition coefficient (Wildman–Crippen LogP) is 4.36. The van der Waals surface area contributed by atoms with Crippen LogP contribution < -0.4 is 0 Å². The van der Waals surface area contributed by atoms with Crippen LogP contribution >= 0.6 is 0 Å². The monoisotopic (exact) mass is 437 g/mol. The van der Waals surface area contributed by atoms with Gasteiger partial charge in [-0.15, -0.1) is 0 Å². The van der Waals surface area contributed by atoms with Crippen LogP contribution in [0.1, 0.15) is 31.9 Å². The smallest absolute Gasteiger partial charge is 0.322 e. The van der Waals surface area contributed by atoms with E-state index in [1.54, 1.807) is 53.4 Å². The van der Waals surface area contributed by atoms with E-state index in [0.29, 0.717) is 12.0 Å². The van der Waals surface area contributed by atoms with E-state index < -0.39 is 16.2 Å². The molecule has 2 aliphatic heterocycles. The van der Waals surface area contributed by atoms with Crippen LogP contribution in [0.25, 0.3) is 0 Å². The Hall–Kier alpha value is -3.06. The van der Waals surface area contributed by atoms with Crippen LogP contribution in [0.2, 0.25) is 0 Å². The molecule has 2 amide bonds. The van der Waals surface area contributed by atoms with Crippen molar-refractivity contribution < 1.29 is 13.2 Å². The Labute approximate surface area is 184 Å². The lowest BCUT2D eigenvalue weighted by Gasteiger charge is -2.42. The fraction of sp³-hybridized carbons (Fsp3) is 0.292. The van der Waals surface area contributed by atoms with Gasteiger partial charge >= 0.3 is 6.03 Å². The minimum atomic E-state index is -3.89. The maximum atomic E-state index is 13.6. The fourth-order valence-electron chi connectivity index (χ4n) is 4.46. The first-order valence-corrected chi connectivity index (χ1v) is 11.7. The molecule has 7 heteroatoms. The second-order valence-electron chi connectivity index (χ2n) is 8.23. The first-order chi connectivity index (χ1) is 14.7. The number of nitrogens with zero attached hydrogens (tertiary/aromatic N) is 3. The lowest BCUT2D eigenvalue weighted by atomic mass is 9.96. The van der Waals surface area contributed by atoms with Gasteiger partial charge in [-0.3, -0.25) is 4.90 Å². The molecule has 0 bridgehead atoms. The zero-order valence-corrected chi connectivity index (χ0v) is 18.8. The van der Waals surface area contributed by atoms with Gasteiger partial charge in [-0.05, 0) is 43.5 Å². The predicted molar refractivity (Wildman–Crippen MR) is 120 cm³/mol. The Balaban J connectivity index is 1.86. The van der Waals surface area contributed by atoms with Gasteiger partial charge in [-0.2, -0.15) is 0 Å². The van der Waals surface area contributed by atoms with Crippen LogP contribution in [0.15, 0.2) is 89.5 Å². The summed E-state index contributed by atoms with van der Waals surface area (Å²) in [6, 6.07) is 17.4. The zero-order chi connectivity index (χ0) is 22.3. The third-order valence-corrected chi connectivity index (χ3v) is 7.80.